The van der Waals surface area contributed by atoms with Crippen LogP contribution in [0.3, 0.4) is 0 Å². The lowest BCUT2D eigenvalue weighted by Crippen LogP contribution is -2.52. The Morgan fingerprint density at radius 3 is 1.95 bits per heavy atom. The van der Waals surface area contributed by atoms with Gasteiger partial charge in [0.25, 0.3) is 5.91 Å². The highest BCUT2D eigenvalue weighted by Gasteiger charge is 2.35. The number of carbonyl (C=O) groups is 4. The third-order valence-electron chi connectivity index (χ3n) is 11.5. The second-order valence-corrected chi connectivity index (χ2v) is 15.9. The summed E-state index contributed by atoms with van der Waals surface area (Å²) in [6, 6.07) is 15.2. The van der Waals surface area contributed by atoms with E-state index in [0.717, 1.165) is 75.8 Å². The van der Waals surface area contributed by atoms with Crippen molar-refractivity contribution >= 4 is 29.3 Å². The highest BCUT2D eigenvalue weighted by Crippen LogP contribution is 2.43. The van der Waals surface area contributed by atoms with Gasteiger partial charge in [-0.3, -0.25) is 34.5 Å². The van der Waals surface area contributed by atoms with Crippen LogP contribution in [0.5, 0.6) is 0 Å². The van der Waals surface area contributed by atoms with Crippen LogP contribution >= 0.6 is 0 Å². The molecule has 12 nitrogen and oxygen atoms in total. The zero-order valence-corrected chi connectivity index (χ0v) is 32.3. The molecule has 56 heavy (non-hydrogen) atoms. The van der Waals surface area contributed by atoms with E-state index in [9.17, 15) is 39.6 Å². The Hall–Kier alpha value is -5.30. The number of hydrogen-bond acceptors (Lipinski definition) is 9. The molecule has 2 aromatic carbocycles. The number of rotatable bonds is 18. The van der Waals surface area contributed by atoms with Crippen LogP contribution in [0.4, 0.5) is 5.69 Å². The average Bonchev–Trinajstić information content (AvgIpc) is 4.12. The molecule has 12 heteroatoms. The number of carbonyl (C=O) groups excluding carboxylic acids is 2. The number of aryl methyl sites for hydroxylation is 1. The van der Waals surface area contributed by atoms with Gasteiger partial charge in [-0.25, -0.2) is 0 Å². The molecule has 0 spiro atoms. The molecule has 2 aromatic heterocycles. The van der Waals surface area contributed by atoms with Gasteiger partial charge in [-0.2, -0.15) is 0 Å². The van der Waals surface area contributed by atoms with Crippen LogP contribution in [0.2, 0.25) is 0 Å². The first kappa shape index (κ1) is 40.4. The van der Waals surface area contributed by atoms with E-state index in [1.165, 1.54) is 13.8 Å². The van der Waals surface area contributed by atoms with E-state index in [1.807, 2.05) is 62.4 Å². The van der Waals surface area contributed by atoms with Gasteiger partial charge in [0, 0.05) is 31.0 Å². The molecule has 2 atom stereocenters. The number of amides is 1. The summed E-state index contributed by atoms with van der Waals surface area (Å²) >= 11 is 0. The molecule has 0 radical (unpaired) electrons. The van der Waals surface area contributed by atoms with Crippen molar-refractivity contribution in [3.63, 3.8) is 0 Å². The number of nitrogens with one attached hydrogen (secondary N) is 2. The van der Waals surface area contributed by atoms with Gasteiger partial charge in [0.2, 0.25) is 0 Å². The number of nitrogens with zero attached hydrogens (tertiary/aromatic N) is 2. The molecule has 294 valence electrons. The Balaban J connectivity index is 1.18. The molecular weight excluding hydrogens is 713 g/mol. The smallest absolute Gasteiger partial charge is 0.326 e. The molecule has 0 unspecified atom stereocenters. The number of aromatic nitrogens is 2. The molecule has 0 bridgehead atoms. The predicted molar refractivity (Wildman–Crippen MR) is 211 cm³/mol. The zero-order chi connectivity index (χ0) is 40.4. The number of aliphatic hydroxyl groups excluding tert-OH is 2. The molecule has 0 aliphatic heterocycles. The fourth-order valence-corrected chi connectivity index (χ4v) is 7.01. The Bertz CT molecular complexity index is 2030. The lowest BCUT2D eigenvalue weighted by Gasteiger charge is -2.24. The maximum absolute atomic E-state index is 13.7. The quantitative estimate of drug-likeness (QED) is 0.0637. The van der Waals surface area contributed by atoms with Gasteiger partial charge in [0.05, 0.1) is 18.6 Å². The van der Waals surface area contributed by atoms with Gasteiger partial charge in [0.1, 0.15) is 16.9 Å². The second kappa shape index (κ2) is 16.4. The summed E-state index contributed by atoms with van der Waals surface area (Å²) < 4.78 is 0. The molecule has 6 rings (SSSR count). The number of aliphatic hydroxyl groups is 2. The topological polar surface area (TPSA) is 199 Å². The van der Waals surface area contributed by atoms with Crippen LogP contribution in [-0.2, 0) is 29.0 Å². The Labute approximate surface area is 326 Å². The molecule has 6 N–H and O–H groups in total. The first-order valence-corrected chi connectivity index (χ1v) is 19.1. The predicted octanol–water partition coefficient (Wildman–Crippen LogP) is 6.13. The number of pyridine rings is 2. The first-order valence-electron chi connectivity index (χ1n) is 19.1. The number of aliphatic carboxylic acids is 2. The number of benzene rings is 2. The minimum absolute atomic E-state index is 0.131. The average molecular weight is 763 g/mol. The highest BCUT2D eigenvalue weighted by molar-refractivity contribution is 6.04. The van der Waals surface area contributed by atoms with E-state index in [1.54, 1.807) is 12.4 Å². The summed E-state index contributed by atoms with van der Waals surface area (Å²) in [6.07, 6.45) is 8.04. The van der Waals surface area contributed by atoms with Crippen LogP contribution in [0.1, 0.15) is 118 Å². The van der Waals surface area contributed by atoms with Gasteiger partial charge >= 0.3 is 11.9 Å². The molecule has 1 amide bonds. The molecule has 2 saturated carbocycles. The Morgan fingerprint density at radius 1 is 0.750 bits per heavy atom. The van der Waals surface area contributed by atoms with Gasteiger partial charge in [0.15, 0.2) is 5.78 Å². The van der Waals surface area contributed by atoms with Crippen molar-refractivity contribution in [3.8, 4) is 11.1 Å². The number of anilines is 1. The summed E-state index contributed by atoms with van der Waals surface area (Å²) in [4.78, 5) is 59.6. The summed E-state index contributed by atoms with van der Waals surface area (Å²) in [5.74, 6) is -2.12. The number of ketones is 1. The fraction of sp³-hybridized carbons (Fsp3) is 0.409. The molecule has 2 fully saturated rings. The second-order valence-electron chi connectivity index (χ2n) is 15.9. The summed E-state index contributed by atoms with van der Waals surface area (Å²) in [7, 11) is 0. The Morgan fingerprint density at radius 2 is 1.34 bits per heavy atom. The summed E-state index contributed by atoms with van der Waals surface area (Å²) in [5.41, 5.74) is 6.62. The largest absolute Gasteiger partial charge is 0.481 e. The SMILES string of the molecule is Cc1c(CC(=O)c2cc(C3CC3)c(CN[C@@](C)(CO)C(=O)O)cn2)cccc1-c1cccc(NC(=O)c2cc(C3CC3)c(CC[C@@](C)(CO)C(=O)O)cn2)c1C. The lowest BCUT2D eigenvalue weighted by molar-refractivity contribution is -0.150. The molecule has 2 heterocycles. The molecule has 4 aromatic rings. The van der Waals surface area contributed by atoms with Gasteiger partial charge in [-0.15, -0.1) is 0 Å². The van der Waals surface area contributed by atoms with Crippen LogP contribution in [0.25, 0.3) is 11.1 Å². The fourth-order valence-electron chi connectivity index (χ4n) is 7.01. The van der Waals surface area contributed by atoms with Crippen molar-refractivity contribution < 1.29 is 39.6 Å². The third-order valence-corrected chi connectivity index (χ3v) is 11.5. The molecule has 2 aliphatic rings. The minimum Gasteiger partial charge on any atom is -0.481 e. The lowest BCUT2D eigenvalue weighted by atomic mass is 9.84. The standard InChI is InChI=1S/C44H50N4O8/c1-25-29(17-39(51)37-18-35(28-13-14-28)31(21-45-37)22-47-44(4,24-50)42(55)56)7-5-8-32(25)33-9-6-10-36(26(33)2)48-40(52)38-19-34(27-11-12-27)30(20-46-38)15-16-43(3,23-49)41(53)54/h5-10,18-21,27-28,47,49-50H,11-17,22-24H2,1-4H3,(H,48,52)(H,53,54)(H,55,56)/t43-,44-/m0/s1. The zero-order valence-electron chi connectivity index (χ0n) is 32.3. The van der Waals surface area contributed by atoms with E-state index in [-0.39, 0.29) is 42.7 Å². The maximum Gasteiger partial charge on any atom is 0.326 e. The molecular formula is C44H50N4O8. The van der Waals surface area contributed by atoms with Crippen LogP contribution in [-0.4, -0.2) is 72.8 Å². The first-order chi connectivity index (χ1) is 26.7. The van der Waals surface area contributed by atoms with Crippen molar-refractivity contribution in [1.29, 1.82) is 0 Å². The normalized spacial score (nSPS) is 16.1. The third kappa shape index (κ3) is 8.72. The van der Waals surface area contributed by atoms with Crippen LogP contribution in [0.15, 0.2) is 60.9 Å². The summed E-state index contributed by atoms with van der Waals surface area (Å²) in [5, 5.41) is 44.5. The van der Waals surface area contributed by atoms with Crippen LogP contribution in [0, 0.1) is 19.3 Å². The van der Waals surface area contributed by atoms with Crippen molar-refractivity contribution in [2.24, 2.45) is 5.41 Å². The maximum atomic E-state index is 13.7. The number of Topliss-reactive ketones (excluding diaryl/α,β-unsaturated/α-hetero) is 1. The van der Waals surface area contributed by atoms with Gasteiger partial charge < -0.3 is 25.7 Å². The van der Waals surface area contributed by atoms with E-state index < -0.39 is 36.1 Å². The van der Waals surface area contributed by atoms with E-state index in [4.69, 9.17) is 0 Å². The van der Waals surface area contributed by atoms with Crippen LogP contribution < -0.4 is 10.6 Å². The monoisotopic (exact) mass is 762 g/mol. The molecule has 0 saturated heterocycles. The highest BCUT2D eigenvalue weighted by atomic mass is 16.4. The van der Waals surface area contributed by atoms with Gasteiger partial charge in [-0.05, 0) is 146 Å². The number of carboxylic acids is 2. The number of carboxylic acid groups (broad SMARTS) is 2. The van der Waals surface area contributed by atoms with Gasteiger partial charge in [-0.1, -0.05) is 30.3 Å². The Kier molecular flexibility index (Phi) is 11.8. The van der Waals surface area contributed by atoms with E-state index in [0.29, 0.717) is 23.7 Å². The summed E-state index contributed by atoms with van der Waals surface area (Å²) in [6.45, 7) is 6.04. The van der Waals surface area contributed by atoms with Crippen molar-refractivity contribution in [1.82, 2.24) is 15.3 Å². The van der Waals surface area contributed by atoms with E-state index >= 15 is 0 Å². The molecule has 2 aliphatic carbocycles. The van der Waals surface area contributed by atoms with Crippen molar-refractivity contribution in [2.45, 2.75) is 96.6 Å². The minimum atomic E-state index is -1.50. The van der Waals surface area contributed by atoms with E-state index in [2.05, 4.69) is 20.6 Å². The number of hydrogen-bond donors (Lipinski definition) is 6. The van der Waals surface area contributed by atoms with Crippen molar-refractivity contribution in [3.05, 3.63) is 111 Å². The van der Waals surface area contributed by atoms with Crippen molar-refractivity contribution in [2.75, 3.05) is 18.5 Å².